The summed E-state index contributed by atoms with van der Waals surface area (Å²) in [5.74, 6) is 0.0918. The van der Waals surface area contributed by atoms with Gasteiger partial charge in [0.15, 0.2) is 0 Å². The monoisotopic (exact) mass is 341 g/mol. The van der Waals surface area contributed by atoms with Crippen LogP contribution < -0.4 is 10.2 Å². The highest BCUT2D eigenvalue weighted by Crippen LogP contribution is 2.23. The van der Waals surface area contributed by atoms with Crippen LogP contribution in [0.2, 0.25) is 0 Å². The first-order valence-corrected chi connectivity index (χ1v) is 7.53. The molecule has 20 heavy (non-hydrogen) atoms. The second-order valence-corrected chi connectivity index (χ2v) is 6.31. The number of nitrogens with zero attached hydrogens (tertiary/aromatic N) is 2. The number of benzene rings is 1. The van der Waals surface area contributed by atoms with Crippen molar-refractivity contribution in [2.24, 2.45) is 0 Å². The first-order valence-electron chi connectivity index (χ1n) is 6.74. The molecule has 0 aliphatic carbocycles. The number of hydrogen-bond donors (Lipinski definition) is 1. The molecule has 1 amide bonds. The maximum absolute atomic E-state index is 11.7. The Morgan fingerprint density at radius 2 is 1.95 bits per heavy atom. The Morgan fingerprint density at radius 3 is 2.45 bits per heavy atom. The lowest BCUT2D eigenvalue weighted by molar-refractivity contribution is -0.127. The van der Waals surface area contributed by atoms with E-state index in [0.717, 1.165) is 16.7 Å². The number of carbonyl (C=O) groups excluding carboxylic acids is 1. The molecular formula is C15H24BrN3O. The van der Waals surface area contributed by atoms with E-state index in [1.165, 1.54) is 5.56 Å². The van der Waals surface area contributed by atoms with E-state index in [0.29, 0.717) is 12.6 Å². The molecule has 0 saturated heterocycles. The maximum Gasteiger partial charge on any atom is 0.241 e. The highest BCUT2D eigenvalue weighted by atomic mass is 79.9. The van der Waals surface area contributed by atoms with E-state index in [9.17, 15) is 4.79 Å². The second-order valence-electron chi connectivity index (χ2n) is 5.46. The molecule has 0 fully saturated rings. The molecule has 4 nitrogen and oxygen atoms in total. The van der Waals surface area contributed by atoms with Crippen LogP contribution >= 0.6 is 15.9 Å². The molecule has 0 aliphatic heterocycles. The van der Waals surface area contributed by atoms with Gasteiger partial charge in [0.25, 0.3) is 0 Å². The van der Waals surface area contributed by atoms with E-state index in [1.54, 1.807) is 19.0 Å². The molecule has 112 valence electrons. The summed E-state index contributed by atoms with van der Waals surface area (Å²) >= 11 is 3.60. The molecule has 1 N–H and O–H groups in total. The SMILES string of the molecule is CC(C)NCc1ccc(N(C)CC(=O)N(C)C)cc1Br. The lowest BCUT2D eigenvalue weighted by atomic mass is 10.2. The molecule has 0 aromatic heterocycles. The predicted molar refractivity (Wildman–Crippen MR) is 88.1 cm³/mol. The van der Waals surface area contributed by atoms with Crippen LogP contribution in [0.3, 0.4) is 0 Å². The second kappa shape index (κ2) is 7.64. The highest BCUT2D eigenvalue weighted by molar-refractivity contribution is 9.10. The number of carbonyl (C=O) groups is 1. The first kappa shape index (κ1) is 17.0. The van der Waals surface area contributed by atoms with E-state index >= 15 is 0 Å². The van der Waals surface area contributed by atoms with Crippen LogP contribution in [0.15, 0.2) is 22.7 Å². The molecule has 5 heteroatoms. The Bertz CT molecular complexity index is 460. The lowest BCUT2D eigenvalue weighted by Gasteiger charge is -2.22. The van der Waals surface area contributed by atoms with Gasteiger partial charge in [-0.15, -0.1) is 0 Å². The summed E-state index contributed by atoms with van der Waals surface area (Å²) in [4.78, 5) is 15.3. The third-order valence-electron chi connectivity index (χ3n) is 3.05. The Hall–Kier alpha value is -1.07. The minimum Gasteiger partial charge on any atom is -0.365 e. The van der Waals surface area contributed by atoms with Crippen molar-refractivity contribution in [2.45, 2.75) is 26.4 Å². The topological polar surface area (TPSA) is 35.6 Å². The summed E-state index contributed by atoms with van der Waals surface area (Å²) in [7, 11) is 5.47. The number of rotatable bonds is 6. The molecule has 0 atom stereocenters. The van der Waals surface area contributed by atoms with E-state index in [2.05, 4.69) is 47.2 Å². The number of hydrogen-bond acceptors (Lipinski definition) is 3. The van der Waals surface area contributed by atoms with Crippen molar-refractivity contribution < 1.29 is 4.79 Å². The lowest BCUT2D eigenvalue weighted by Crippen LogP contribution is -2.34. The van der Waals surface area contributed by atoms with Gasteiger partial charge < -0.3 is 15.1 Å². The van der Waals surface area contributed by atoms with Gasteiger partial charge in [0, 0.05) is 43.9 Å². The van der Waals surface area contributed by atoms with Crippen molar-refractivity contribution >= 4 is 27.5 Å². The van der Waals surface area contributed by atoms with Crippen molar-refractivity contribution in [3.8, 4) is 0 Å². The maximum atomic E-state index is 11.7. The summed E-state index contributed by atoms with van der Waals surface area (Å²) < 4.78 is 1.06. The fourth-order valence-corrected chi connectivity index (χ4v) is 2.17. The number of nitrogens with one attached hydrogen (secondary N) is 1. The van der Waals surface area contributed by atoms with Gasteiger partial charge in [-0.2, -0.15) is 0 Å². The van der Waals surface area contributed by atoms with Crippen LogP contribution in [0.1, 0.15) is 19.4 Å². The summed E-state index contributed by atoms with van der Waals surface area (Å²) in [6, 6.07) is 6.65. The van der Waals surface area contributed by atoms with E-state index in [1.807, 2.05) is 18.0 Å². The van der Waals surface area contributed by atoms with Crippen LogP contribution in [-0.4, -0.2) is 44.5 Å². The van der Waals surface area contributed by atoms with E-state index in [-0.39, 0.29) is 5.91 Å². The van der Waals surface area contributed by atoms with Crippen molar-refractivity contribution in [1.82, 2.24) is 10.2 Å². The Balaban J connectivity index is 2.73. The Labute approximate surface area is 130 Å². The molecule has 1 rings (SSSR count). The van der Waals surface area contributed by atoms with Gasteiger partial charge in [0.2, 0.25) is 5.91 Å². The van der Waals surface area contributed by atoms with Crippen LogP contribution in [0.5, 0.6) is 0 Å². The Morgan fingerprint density at radius 1 is 1.30 bits per heavy atom. The van der Waals surface area contributed by atoms with Crippen LogP contribution in [0, 0.1) is 0 Å². The molecule has 0 unspecified atom stereocenters. The minimum atomic E-state index is 0.0918. The van der Waals surface area contributed by atoms with Gasteiger partial charge >= 0.3 is 0 Å². The van der Waals surface area contributed by atoms with Gasteiger partial charge in [-0.3, -0.25) is 4.79 Å². The minimum absolute atomic E-state index is 0.0918. The van der Waals surface area contributed by atoms with E-state index in [4.69, 9.17) is 0 Å². The standard InChI is InChI=1S/C15H24BrN3O/c1-11(2)17-9-12-6-7-13(8-14(12)16)19(5)10-15(20)18(3)4/h6-8,11,17H,9-10H2,1-5H3. The average molecular weight is 342 g/mol. The predicted octanol–water partition coefficient (Wildman–Crippen LogP) is 2.47. The Kier molecular flexibility index (Phi) is 6.49. The van der Waals surface area contributed by atoms with E-state index < -0.39 is 0 Å². The largest absolute Gasteiger partial charge is 0.365 e. The third-order valence-corrected chi connectivity index (χ3v) is 3.79. The number of amides is 1. The summed E-state index contributed by atoms with van der Waals surface area (Å²) in [6.45, 7) is 5.47. The molecule has 0 saturated carbocycles. The molecular weight excluding hydrogens is 318 g/mol. The number of likely N-dealkylation sites (N-methyl/N-ethyl adjacent to an activating group) is 2. The number of halogens is 1. The van der Waals surface area contributed by atoms with Crippen LogP contribution in [0.4, 0.5) is 5.69 Å². The smallest absolute Gasteiger partial charge is 0.241 e. The fourth-order valence-electron chi connectivity index (χ4n) is 1.67. The molecule has 0 heterocycles. The zero-order valence-corrected chi connectivity index (χ0v) is 14.5. The average Bonchev–Trinajstić information content (AvgIpc) is 2.36. The van der Waals surface area contributed by atoms with Crippen molar-refractivity contribution in [2.75, 3.05) is 32.6 Å². The zero-order chi connectivity index (χ0) is 15.3. The zero-order valence-electron chi connectivity index (χ0n) is 12.9. The molecule has 0 aliphatic rings. The van der Waals surface area contributed by atoms with Crippen molar-refractivity contribution in [1.29, 1.82) is 0 Å². The number of anilines is 1. The molecule has 1 aromatic rings. The van der Waals surface area contributed by atoms with Crippen molar-refractivity contribution in [3.05, 3.63) is 28.2 Å². The van der Waals surface area contributed by atoms with Gasteiger partial charge in [-0.05, 0) is 17.7 Å². The first-order chi connectivity index (χ1) is 9.31. The van der Waals surface area contributed by atoms with Crippen LogP contribution in [0.25, 0.3) is 0 Å². The summed E-state index contributed by atoms with van der Waals surface area (Å²) in [6.07, 6.45) is 0. The molecule has 0 bridgehead atoms. The quantitative estimate of drug-likeness (QED) is 0.863. The van der Waals surface area contributed by atoms with Gasteiger partial charge in [-0.1, -0.05) is 35.8 Å². The summed E-state index contributed by atoms with van der Waals surface area (Å²) in [5, 5.41) is 3.39. The van der Waals surface area contributed by atoms with Crippen LogP contribution in [-0.2, 0) is 11.3 Å². The van der Waals surface area contributed by atoms with Gasteiger partial charge in [0.05, 0.1) is 6.54 Å². The van der Waals surface area contributed by atoms with Gasteiger partial charge in [0.1, 0.15) is 0 Å². The highest BCUT2D eigenvalue weighted by Gasteiger charge is 2.10. The summed E-state index contributed by atoms with van der Waals surface area (Å²) in [5.41, 5.74) is 2.25. The molecule has 1 aromatic carbocycles. The van der Waals surface area contributed by atoms with Gasteiger partial charge in [-0.25, -0.2) is 0 Å². The third kappa shape index (κ3) is 5.13. The molecule has 0 spiro atoms. The fraction of sp³-hybridized carbons (Fsp3) is 0.533. The molecule has 0 radical (unpaired) electrons. The normalized spacial score (nSPS) is 10.8. The van der Waals surface area contributed by atoms with Crippen molar-refractivity contribution in [3.63, 3.8) is 0 Å².